The van der Waals surface area contributed by atoms with Crippen LogP contribution in [0.1, 0.15) is 28.7 Å². The van der Waals surface area contributed by atoms with E-state index in [1.54, 1.807) is 0 Å². The van der Waals surface area contributed by atoms with Crippen LogP contribution in [-0.2, 0) is 7.05 Å². The molecular weight excluding hydrogens is 436 g/mol. The van der Waals surface area contributed by atoms with Crippen LogP contribution in [0.15, 0.2) is 121 Å². The number of allylic oxidation sites excluding steroid dienone is 1. The molecule has 0 N–H and O–H groups in total. The van der Waals surface area contributed by atoms with Gasteiger partial charge in [-0.3, -0.25) is 0 Å². The maximum Gasteiger partial charge on any atom is 0.213 e. The van der Waals surface area contributed by atoms with E-state index in [-0.39, 0.29) is 0 Å². The summed E-state index contributed by atoms with van der Waals surface area (Å²) in [4.78, 5) is 0. The first-order chi connectivity index (χ1) is 17.7. The molecule has 1 fully saturated rings. The summed E-state index contributed by atoms with van der Waals surface area (Å²) >= 11 is 0. The molecule has 5 aromatic rings. The molecule has 0 spiro atoms. The van der Waals surface area contributed by atoms with E-state index in [0.29, 0.717) is 12.0 Å². The number of aromatic nitrogens is 2. The van der Waals surface area contributed by atoms with Crippen LogP contribution in [0.2, 0.25) is 0 Å². The number of rotatable bonds is 3. The highest BCUT2D eigenvalue weighted by molar-refractivity contribution is 5.79. The second-order valence-electron chi connectivity index (χ2n) is 9.97. The molecule has 3 heterocycles. The van der Waals surface area contributed by atoms with E-state index >= 15 is 0 Å². The van der Waals surface area contributed by atoms with Crippen LogP contribution in [0, 0.1) is 6.92 Å². The Kier molecular flexibility index (Phi) is 4.75. The fourth-order valence-corrected chi connectivity index (χ4v) is 6.02. The molecule has 0 radical (unpaired) electrons. The molecule has 2 unspecified atom stereocenters. The summed E-state index contributed by atoms with van der Waals surface area (Å²) in [7, 11) is 2.16. The van der Waals surface area contributed by atoms with Crippen molar-refractivity contribution < 1.29 is 9.13 Å². The Bertz CT molecular complexity index is 1610. The molecule has 2 aliphatic rings. The lowest BCUT2D eigenvalue weighted by Gasteiger charge is -2.12. The number of fused-ring (bicyclic) bond motifs is 6. The van der Waals surface area contributed by atoms with Crippen molar-refractivity contribution in [2.45, 2.75) is 18.9 Å². The van der Waals surface area contributed by atoms with Gasteiger partial charge in [-0.2, -0.15) is 4.57 Å². The van der Waals surface area contributed by atoms with Crippen molar-refractivity contribution in [1.29, 1.82) is 0 Å². The molecule has 1 aliphatic carbocycles. The Morgan fingerprint density at radius 1 is 0.694 bits per heavy atom. The fourth-order valence-electron chi connectivity index (χ4n) is 6.02. The van der Waals surface area contributed by atoms with E-state index in [9.17, 15) is 0 Å². The number of pyridine rings is 2. The Morgan fingerprint density at radius 3 is 2.28 bits per heavy atom. The average molecular weight is 465 g/mol. The van der Waals surface area contributed by atoms with Crippen LogP contribution in [0.3, 0.4) is 0 Å². The van der Waals surface area contributed by atoms with Crippen molar-refractivity contribution in [3.63, 3.8) is 0 Å². The van der Waals surface area contributed by atoms with Gasteiger partial charge >= 0.3 is 0 Å². The van der Waals surface area contributed by atoms with Crippen LogP contribution in [0.4, 0.5) is 0 Å². The van der Waals surface area contributed by atoms with E-state index in [4.69, 9.17) is 0 Å². The van der Waals surface area contributed by atoms with E-state index in [2.05, 4.69) is 145 Å². The first kappa shape index (κ1) is 21.0. The summed E-state index contributed by atoms with van der Waals surface area (Å²) in [5.74, 6) is 0.449. The van der Waals surface area contributed by atoms with Crippen molar-refractivity contribution in [3.05, 3.63) is 138 Å². The van der Waals surface area contributed by atoms with Crippen LogP contribution in [0.5, 0.6) is 0 Å². The summed E-state index contributed by atoms with van der Waals surface area (Å²) in [5, 5.41) is 0. The first-order valence-corrected chi connectivity index (χ1v) is 12.7. The van der Waals surface area contributed by atoms with Gasteiger partial charge in [0.25, 0.3) is 0 Å². The summed E-state index contributed by atoms with van der Waals surface area (Å²) in [6.45, 7) is 2.22. The van der Waals surface area contributed by atoms with Crippen LogP contribution < -0.4 is 9.13 Å². The molecule has 3 aromatic carbocycles. The minimum absolute atomic E-state index is 0.403. The van der Waals surface area contributed by atoms with Crippen molar-refractivity contribution in [2.24, 2.45) is 7.05 Å². The van der Waals surface area contributed by atoms with Crippen molar-refractivity contribution in [2.75, 3.05) is 0 Å². The molecule has 2 nitrogen and oxygen atoms in total. The fraction of sp³-hybridized carbons (Fsp3) is 0.118. The molecular formula is C34H28N2+2. The predicted octanol–water partition coefficient (Wildman–Crippen LogP) is 6.84. The number of benzene rings is 3. The summed E-state index contributed by atoms with van der Waals surface area (Å²) in [6, 6.07) is 37.6. The lowest BCUT2D eigenvalue weighted by molar-refractivity contribution is -0.688. The maximum atomic E-state index is 2.46. The minimum atomic E-state index is 0.403. The number of aryl methyl sites for hydroxylation is 2. The van der Waals surface area contributed by atoms with Gasteiger partial charge in [0.05, 0.1) is 17.0 Å². The topological polar surface area (TPSA) is 7.76 Å². The zero-order valence-corrected chi connectivity index (χ0v) is 20.6. The second-order valence-corrected chi connectivity index (χ2v) is 9.97. The Labute approximate surface area is 212 Å². The van der Waals surface area contributed by atoms with Gasteiger partial charge in [0, 0.05) is 29.3 Å². The molecule has 0 amide bonds. The monoisotopic (exact) mass is 464 g/mol. The highest BCUT2D eigenvalue weighted by atomic mass is 15.1. The van der Waals surface area contributed by atoms with Gasteiger partial charge < -0.3 is 0 Å². The molecule has 2 aromatic heterocycles. The van der Waals surface area contributed by atoms with Crippen molar-refractivity contribution in [3.8, 4) is 33.6 Å². The maximum absolute atomic E-state index is 2.46. The Morgan fingerprint density at radius 2 is 1.42 bits per heavy atom. The molecule has 1 aliphatic heterocycles. The summed E-state index contributed by atoms with van der Waals surface area (Å²) in [5.41, 5.74) is 13.2. The molecule has 172 valence electrons. The zero-order valence-electron chi connectivity index (χ0n) is 20.6. The van der Waals surface area contributed by atoms with Crippen molar-refractivity contribution in [1.82, 2.24) is 0 Å². The SMILES string of the molecule is Cc1cc(-c2ccccc2/C=C2/C3c4ccccc4-c4cccc[n+]4C23)[n+](C)cc1-c1ccccc1. The third-order valence-electron chi connectivity index (χ3n) is 7.79. The summed E-state index contributed by atoms with van der Waals surface area (Å²) in [6.07, 6.45) is 6.95. The molecule has 2 atom stereocenters. The number of hydrogen-bond donors (Lipinski definition) is 0. The van der Waals surface area contributed by atoms with Gasteiger partial charge in [0.15, 0.2) is 18.4 Å². The smallest absolute Gasteiger partial charge is 0.200 e. The molecule has 36 heavy (non-hydrogen) atoms. The van der Waals surface area contributed by atoms with Gasteiger partial charge in [-0.1, -0.05) is 66.7 Å². The van der Waals surface area contributed by atoms with Crippen LogP contribution >= 0.6 is 0 Å². The van der Waals surface area contributed by atoms with Gasteiger partial charge in [-0.05, 0) is 53.5 Å². The van der Waals surface area contributed by atoms with E-state index in [0.717, 1.165) is 0 Å². The minimum Gasteiger partial charge on any atom is -0.200 e. The van der Waals surface area contributed by atoms with Gasteiger partial charge in [0.2, 0.25) is 11.4 Å². The normalized spacial score (nSPS) is 18.3. The van der Waals surface area contributed by atoms with Gasteiger partial charge in [-0.25, -0.2) is 4.57 Å². The number of nitrogens with zero attached hydrogens (tertiary/aromatic N) is 2. The van der Waals surface area contributed by atoms with Crippen LogP contribution in [-0.4, -0.2) is 0 Å². The number of hydrogen-bond acceptors (Lipinski definition) is 0. The van der Waals surface area contributed by atoms with E-state index < -0.39 is 0 Å². The lowest BCUT2D eigenvalue weighted by atomic mass is 9.96. The largest absolute Gasteiger partial charge is 0.213 e. The average Bonchev–Trinajstić information content (AvgIpc) is 3.65. The van der Waals surface area contributed by atoms with E-state index in [1.165, 1.54) is 55.9 Å². The van der Waals surface area contributed by atoms with Crippen LogP contribution in [0.25, 0.3) is 39.7 Å². The molecule has 2 heteroatoms. The third kappa shape index (κ3) is 3.25. The molecule has 0 saturated heterocycles. The molecule has 0 bridgehead atoms. The first-order valence-electron chi connectivity index (χ1n) is 12.7. The third-order valence-corrected chi connectivity index (χ3v) is 7.79. The van der Waals surface area contributed by atoms with Crippen molar-refractivity contribution >= 4 is 6.08 Å². The Balaban J connectivity index is 1.33. The second kappa shape index (κ2) is 8.13. The summed E-state index contributed by atoms with van der Waals surface area (Å²) < 4.78 is 4.73. The zero-order chi connectivity index (χ0) is 24.2. The van der Waals surface area contributed by atoms with Gasteiger partial charge in [0.1, 0.15) is 7.05 Å². The standard InChI is InChI=1S/C34H28N2/c1-23-20-32(35(2)22-30(23)24-12-4-3-5-13-24)26-15-7-6-14-25(26)21-29-33-28-17-9-8-16-27(28)31-18-10-11-19-36(31)34(29)33/h3-22,33-34H,1-2H3/q+2/b29-21-. The van der Waals surface area contributed by atoms with Gasteiger partial charge in [-0.15, -0.1) is 0 Å². The quantitative estimate of drug-likeness (QED) is 0.258. The molecule has 1 saturated carbocycles. The predicted molar refractivity (Wildman–Crippen MR) is 145 cm³/mol. The highest BCUT2D eigenvalue weighted by Gasteiger charge is 2.57. The lowest BCUT2D eigenvalue weighted by Crippen LogP contribution is -2.37. The van der Waals surface area contributed by atoms with E-state index in [1.807, 2.05) is 0 Å². The molecule has 7 rings (SSSR count). The highest BCUT2D eigenvalue weighted by Crippen LogP contribution is 2.59. The Hall–Kier alpha value is -4.30.